The summed E-state index contributed by atoms with van der Waals surface area (Å²) in [6.45, 7) is 1.43. The van der Waals surface area contributed by atoms with Crippen molar-refractivity contribution in [3.05, 3.63) is 53.8 Å². The molecule has 0 aliphatic heterocycles. The van der Waals surface area contributed by atoms with Crippen molar-refractivity contribution in [2.45, 2.75) is 6.42 Å². The molecule has 5 nitrogen and oxygen atoms in total. The monoisotopic (exact) mass is 331 g/mol. The zero-order chi connectivity index (χ0) is 17.5. The molecule has 0 aromatic heterocycles. The summed E-state index contributed by atoms with van der Waals surface area (Å²) in [6, 6.07) is 10.8. The summed E-state index contributed by atoms with van der Waals surface area (Å²) in [5.41, 5.74) is 8.51. The maximum atomic E-state index is 13.0. The maximum Gasteiger partial charge on any atom is 0.258 e. The number of amides is 1. The molecule has 0 radical (unpaired) electrons. The summed E-state index contributed by atoms with van der Waals surface area (Å²) in [7, 11) is 3.32. The minimum absolute atomic E-state index is 0.227. The summed E-state index contributed by atoms with van der Waals surface area (Å²) >= 11 is 0. The van der Waals surface area contributed by atoms with E-state index in [1.165, 1.54) is 29.2 Å². The molecule has 3 N–H and O–H groups in total. The highest BCUT2D eigenvalue weighted by molar-refractivity contribution is 6.06. The number of nitrogens with one attached hydrogen (secondary N) is 1. The number of anilines is 3. The van der Waals surface area contributed by atoms with Crippen LogP contribution in [0.5, 0.6) is 0 Å². The van der Waals surface area contributed by atoms with Crippen LogP contribution in [0.1, 0.15) is 16.8 Å². The van der Waals surface area contributed by atoms with E-state index in [1.807, 2.05) is 12.1 Å². The number of ether oxygens (including phenoxy) is 1. The van der Waals surface area contributed by atoms with Crippen LogP contribution >= 0.6 is 0 Å². The normalized spacial score (nSPS) is 10.5. The number of hydrogen-bond acceptors (Lipinski definition) is 4. The first-order chi connectivity index (χ1) is 11.5. The number of nitrogens with zero attached hydrogens (tertiary/aromatic N) is 1. The number of carbonyl (C=O) groups is 1. The van der Waals surface area contributed by atoms with Gasteiger partial charge in [0.15, 0.2) is 0 Å². The van der Waals surface area contributed by atoms with E-state index in [9.17, 15) is 9.18 Å². The van der Waals surface area contributed by atoms with Gasteiger partial charge >= 0.3 is 0 Å². The molecule has 1 amide bonds. The second kappa shape index (κ2) is 8.31. The predicted molar refractivity (Wildman–Crippen MR) is 95.0 cm³/mol. The molecule has 6 heteroatoms. The van der Waals surface area contributed by atoms with Crippen LogP contribution in [0.3, 0.4) is 0 Å². The van der Waals surface area contributed by atoms with Gasteiger partial charge in [-0.25, -0.2) is 4.39 Å². The number of hydrogen-bond donors (Lipinski definition) is 2. The first kappa shape index (κ1) is 17.7. The lowest BCUT2D eigenvalue weighted by molar-refractivity contribution is 0.0993. The number of methoxy groups -OCH3 is 1. The van der Waals surface area contributed by atoms with Gasteiger partial charge in [0.2, 0.25) is 0 Å². The molecule has 2 rings (SSSR count). The first-order valence-corrected chi connectivity index (χ1v) is 7.69. The van der Waals surface area contributed by atoms with Gasteiger partial charge in [-0.15, -0.1) is 0 Å². The highest BCUT2D eigenvalue weighted by Gasteiger charge is 2.14. The van der Waals surface area contributed by atoms with Crippen molar-refractivity contribution in [1.29, 1.82) is 0 Å². The summed E-state index contributed by atoms with van der Waals surface area (Å²) < 4.78 is 18.0. The molecule has 24 heavy (non-hydrogen) atoms. The molecule has 0 heterocycles. The van der Waals surface area contributed by atoms with Gasteiger partial charge in [-0.2, -0.15) is 0 Å². The van der Waals surface area contributed by atoms with E-state index in [2.05, 4.69) is 5.32 Å². The smallest absolute Gasteiger partial charge is 0.258 e. The van der Waals surface area contributed by atoms with E-state index in [0.717, 1.165) is 18.7 Å². The second-order valence-corrected chi connectivity index (χ2v) is 5.42. The van der Waals surface area contributed by atoms with Crippen LogP contribution in [0.4, 0.5) is 21.5 Å². The number of halogens is 1. The van der Waals surface area contributed by atoms with Crippen LogP contribution in [0.15, 0.2) is 42.5 Å². The minimum Gasteiger partial charge on any atom is -0.397 e. The summed E-state index contributed by atoms with van der Waals surface area (Å²) in [6.07, 6.45) is 0.876. The van der Waals surface area contributed by atoms with Crippen LogP contribution in [-0.2, 0) is 4.74 Å². The molecule has 0 fully saturated rings. The van der Waals surface area contributed by atoms with Crippen molar-refractivity contribution >= 4 is 23.0 Å². The van der Waals surface area contributed by atoms with Gasteiger partial charge in [-0.1, -0.05) is 0 Å². The third-order valence-corrected chi connectivity index (χ3v) is 3.66. The topological polar surface area (TPSA) is 67.6 Å². The molecule has 0 unspecified atom stereocenters. The molecule has 2 aromatic rings. The quantitative estimate of drug-likeness (QED) is 0.604. The van der Waals surface area contributed by atoms with E-state index < -0.39 is 0 Å². The standard InChI is InChI=1S/C18H22FN3O2/c1-22(18(23)13-4-6-14(19)7-5-13)15-8-9-17(16(20)12-15)21-10-3-11-24-2/h4-9,12,21H,3,10-11,20H2,1-2H3. The molecule has 128 valence electrons. The largest absolute Gasteiger partial charge is 0.397 e. The third kappa shape index (κ3) is 4.45. The van der Waals surface area contributed by atoms with Crippen molar-refractivity contribution in [3.8, 4) is 0 Å². The zero-order valence-electron chi connectivity index (χ0n) is 13.9. The summed E-state index contributed by atoms with van der Waals surface area (Å²) in [4.78, 5) is 13.9. The van der Waals surface area contributed by atoms with Crippen LogP contribution in [-0.4, -0.2) is 33.2 Å². The lowest BCUT2D eigenvalue weighted by atomic mass is 10.1. The number of nitrogen functional groups attached to an aromatic ring is 1. The van der Waals surface area contributed by atoms with E-state index in [-0.39, 0.29) is 11.7 Å². The van der Waals surface area contributed by atoms with Crippen LogP contribution in [0.2, 0.25) is 0 Å². The van der Waals surface area contributed by atoms with E-state index in [4.69, 9.17) is 10.5 Å². The first-order valence-electron chi connectivity index (χ1n) is 7.69. The fourth-order valence-electron chi connectivity index (χ4n) is 2.26. The Morgan fingerprint density at radius 2 is 1.96 bits per heavy atom. The highest BCUT2D eigenvalue weighted by atomic mass is 19.1. The number of rotatable bonds is 7. The number of nitrogens with two attached hydrogens (primary N) is 1. The minimum atomic E-state index is -0.373. The Labute approximate surface area is 141 Å². The summed E-state index contributed by atoms with van der Waals surface area (Å²) in [5.74, 6) is -0.599. The lowest BCUT2D eigenvalue weighted by Gasteiger charge is -2.19. The Hall–Kier alpha value is -2.60. The average molecular weight is 331 g/mol. The van der Waals surface area contributed by atoms with Gasteiger partial charge in [-0.05, 0) is 48.9 Å². The van der Waals surface area contributed by atoms with E-state index >= 15 is 0 Å². The SMILES string of the molecule is COCCCNc1ccc(N(C)C(=O)c2ccc(F)cc2)cc1N. The fourth-order valence-corrected chi connectivity index (χ4v) is 2.26. The molecule has 0 saturated carbocycles. The molecular weight excluding hydrogens is 309 g/mol. The predicted octanol–water partition coefficient (Wildman–Crippen LogP) is 3.13. The molecule has 0 spiro atoms. The fraction of sp³-hybridized carbons (Fsp3) is 0.278. The summed E-state index contributed by atoms with van der Waals surface area (Å²) in [5, 5.41) is 3.23. The van der Waals surface area contributed by atoms with Gasteiger partial charge in [-0.3, -0.25) is 4.79 Å². The van der Waals surface area contributed by atoms with Crippen molar-refractivity contribution in [2.24, 2.45) is 0 Å². The Morgan fingerprint density at radius 3 is 2.58 bits per heavy atom. The van der Waals surface area contributed by atoms with Crippen molar-refractivity contribution in [3.63, 3.8) is 0 Å². The van der Waals surface area contributed by atoms with Gasteiger partial charge < -0.3 is 20.7 Å². The van der Waals surface area contributed by atoms with Crippen LogP contribution in [0, 0.1) is 5.82 Å². The van der Waals surface area contributed by atoms with Gasteiger partial charge in [0.25, 0.3) is 5.91 Å². The van der Waals surface area contributed by atoms with Crippen molar-refractivity contribution < 1.29 is 13.9 Å². The molecule has 0 atom stereocenters. The maximum absolute atomic E-state index is 13.0. The Bertz CT molecular complexity index is 689. The lowest BCUT2D eigenvalue weighted by Crippen LogP contribution is -2.26. The second-order valence-electron chi connectivity index (χ2n) is 5.42. The Kier molecular flexibility index (Phi) is 6.14. The molecule has 0 aliphatic carbocycles. The molecule has 0 bridgehead atoms. The number of carbonyl (C=O) groups excluding carboxylic acids is 1. The molecule has 0 aliphatic rings. The van der Waals surface area contributed by atoms with Crippen molar-refractivity contribution in [2.75, 3.05) is 43.3 Å². The van der Waals surface area contributed by atoms with E-state index in [0.29, 0.717) is 23.5 Å². The Balaban J connectivity index is 2.06. The third-order valence-electron chi connectivity index (χ3n) is 3.66. The zero-order valence-corrected chi connectivity index (χ0v) is 13.9. The van der Waals surface area contributed by atoms with Gasteiger partial charge in [0.1, 0.15) is 5.82 Å². The van der Waals surface area contributed by atoms with Crippen molar-refractivity contribution in [1.82, 2.24) is 0 Å². The molecule has 0 saturated heterocycles. The van der Waals surface area contributed by atoms with Gasteiger partial charge in [0.05, 0.1) is 11.4 Å². The average Bonchev–Trinajstić information content (AvgIpc) is 2.59. The van der Waals surface area contributed by atoms with Crippen LogP contribution in [0.25, 0.3) is 0 Å². The van der Waals surface area contributed by atoms with E-state index in [1.54, 1.807) is 20.2 Å². The van der Waals surface area contributed by atoms with Crippen LogP contribution < -0.4 is 16.0 Å². The Morgan fingerprint density at radius 1 is 1.25 bits per heavy atom. The molecular formula is C18H22FN3O2. The highest BCUT2D eigenvalue weighted by Crippen LogP contribution is 2.25. The van der Waals surface area contributed by atoms with Gasteiger partial charge in [0, 0.05) is 38.6 Å². The number of benzene rings is 2. The molecule has 2 aromatic carbocycles.